The van der Waals surface area contributed by atoms with E-state index in [0.29, 0.717) is 24.2 Å². The highest BCUT2D eigenvalue weighted by molar-refractivity contribution is 5.02. The molecule has 0 radical (unpaired) electrons. The van der Waals surface area contributed by atoms with Crippen LogP contribution in [0.1, 0.15) is 11.4 Å². The van der Waals surface area contributed by atoms with Crippen molar-refractivity contribution in [2.75, 3.05) is 0 Å². The Morgan fingerprint density at radius 3 is 1.62 bits per heavy atom. The van der Waals surface area contributed by atoms with Gasteiger partial charge in [-0.15, -0.1) is 0 Å². The summed E-state index contributed by atoms with van der Waals surface area (Å²) in [5.41, 5.74) is 1.38. The van der Waals surface area contributed by atoms with E-state index in [4.69, 9.17) is 10.5 Å². The number of nitrogens with zero attached hydrogens (tertiary/aromatic N) is 4. The average Bonchev–Trinajstić information content (AvgIpc) is 2.92. The molecule has 0 atom stereocenters. The van der Waals surface area contributed by atoms with Crippen molar-refractivity contribution < 1.29 is 9.05 Å². The van der Waals surface area contributed by atoms with E-state index >= 15 is 0 Å². The summed E-state index contributed by atoms with van der Waals surface area (Å²) >= 11 is 0. The third-order valence-corrected chi connectivity index (χ3v) is 1.50. The van der Waals surface area contributed by atoms with E-state index in [2.05, 4.69) is 19.4 Å². The van der Waals surface area contributed by atoms with Gasteiger partial charge >= 0.3 is 0 Å². The van der Waals surface area contributed by atoms with Crippen LogP contribution in [0.25, 0.3) is 0 Å². The number of hydrogen-bond acceptors (Lipinski definition) is 6. The number of aromatic nitrogens is 2. The highest BCUT2D eigenvalue weighted by Gasteiger charge is 1.91. The molecule has 0 aliphatic heterocycles. The molecule has 6 nitrogen and oxygen atoms in total. The standard InChI is InChI=1S/2C5H4N2O/c2*6-3-1-5-2-4-8-7-5/h2*2,4H,1H2. The predicted octanol–water partition coefficient (Wildman–Crippen LogP) is 1.48. The summed E-state index contributed by atoms with van der Waals surface area (Å²) in [6, 6.07) is 7.23. The number of rotatable bonds is 2. The quantitative estimate of drug-likeness (QED) is 0.753. The summed E-state index contributed by atoms with van der Waals surface area (Å²) in [5.74, 6) is 0. The van der Waals surface area contributed by atoms with Crippen LogP contribution >= 0.6 is 0 Å². The zero-order chi connectivity index (χ0) is 11.6. The molecule has 0 N–H and O–H groups in total. The van der Waals surface area contributed by atoms with Crippen molar-refractivity contribution in [2.24, 2.45) is 0 Å². The summed E-state index contributed by atoms with van der Waals surface area (Å²) in [4.78, 5) is 0. The Balaban J connectivity index is 0.000000160. The first kappa shape index (κ1) is 11.5. The molecule has 16 heavy (non-hydrogen) atoms. The van der Waals surface area contributed by atoms with Crippen LogP contribution < -0.4 is 0 Å². The van der Waals surface area contributed by atoms with E-state index in [1.807, 2.05) is 12.1 Å². The lowest BCUT2D eigenvalue weighted by Crippen LogP contribution is -1.76. The minimum atomic E-state index is 0.330. The van der Waals surface area contributed by atoms with Crippen LogP contribution in [0.4, 0.5) is 0 Å². The fraction of sp³-hybridized carbons (Fsp3) is 0.200. The van der Waals surface area contributed by atoms with Crippen molar-refractivity contribution >= 4 is 0 Å². The lowest BCUT2D eigenvalue weighted by atomic mass is 10.3. The molecule has 2 aromatic rings. The van der Waals surface area contributed by atoms with Crippen molar-refractivity contribution in [2.45, 2.75) is 12.8 Å². The highest BCUT2D eigenvalue weighted by Crippen LogP contribution is 1.93. The summed E-state index contributed by atoms with van der Waals surface area (Å²) in [7, 11) is 0. The summed E-state index contributed by atoms with van der Waals surface area (Å²) in [6.07, 6.45) is 3.56. The van der Waals surface area contributed by atoms with Gasteiger partial charge in [-0.1, -0.05) is 10.3 Å². The largest absolute Gasteiger partial charge is 0.364 e. The molecule has 0 aliphatic carbocycles. The molecule has 0 fully saturated rings. The van der Waals surface area contributed by atoms with Crippen molar-refractivity contribution in [1.29, 1.82) is 10.5 Å². The van der Waals surface area contributed by atoms with Crippen molar-refractivity contribution in [3.05, 3.63) is 36.0 Å². The first-order valence-corrected chi connectivity index (χ1v) is 4.39. The van der Waals surface area contributed by atoms with Crippen LogP contribution in [0.3, 0.4) is 0 Å². The van der Waals surface area contributed by atoms with Gasteiger partial charge in [-0.3, -0.25) is 0 Å². The molecule has 80 valence electrons. The Labute approximate surface area is 91.7 Å². The molecule has 2 rings (SSSR count). The Bertz CT molecular complexity index is 416. The summed E-state index contributed by atoms with van der Waals surface area (Å²) < 4.78 is 8.93. The highest BCUT2D eigenvalue weighted by atomic mass is 16.5. The van der Waals surface area contributed by atoms with Gasteiger partial charge in [-0.2, -0.15) is 10.5 Å². The molecule has 0 aromatic carbocycles. The maximum atomic E-state index is 8.11. The molecule has 2 heterocycles. The SMILES string of the molecule is N#CCc1ccon1.N#CCc1ccon1. The van der Waals surface area contributed by atoms with Crippen molar-refractivity contribution in [3.8, 4) is 12.1 Å². The van der Waals surface area contributed by atoms with Gasteiger partial charge in [0.2, 0.25) is 0 Å². The first-order chi connectivity index (χ1) is 7.86. The predicted molar refractivity (Wildman–Crippen MR) is 51.6 cm³/mol. The van der Waals surface area contributed by atoms with Gasteiger partial charge in [-0.25, -0.2) is 0 Å². The molecule has 0 aliphatic rings. The molecule has 2 aromatic heterocycles. The number of nitriles is 2. The Morgan fingerprint density at radius 2 is 1.38 bits per heavy atom. The van der Waals surface area contributed by atoms with E-state index in [-0.39, 0.29) is 0 Å². The van der Waals surface area contributed by atoms with Crippen LogP contribution in [0.15, 0.2) is 33.7 Å². The van der Waals surface area contributed by atoms with E-state index in [1.165, 1.54) is 12.5 Å². The second-order valence-corrected chi connectivity index (χ2v) is 2.65. The van der Waals surface area contributed by atoms with Crippen molar-refractivity contribution in [3.63, 3.8) is 0 Å². The van der Waals surface area contributed by atoms with E-state index in [0.717, 1.165) is 0 Å². The van der Waals surface area contributed by atoms with Gasteiger partial charge in [-0.05, 0) is 0 Å². The zero-order valence-electron chi connectivity index (χ0n) is 8.33. The topological polar surface area (TPSA) is 99.6 Å². The lowest BCUT2D eigenvalue weighted by molar-refractivity contribution is 0.413. The fourth-order valence-electron chi connectivity index (χ4n) is 0.819. The van der Waals surface area contributed by atoms with Crippen molar-refractivity contribution in [1.82, 2.24) is 10.3 Å². The second kappa shape index (κ2) is 6.80. The molecule has 0 bridgehead atoms. The molecular weight excluding hydrogens is 208 g/mol. The zero-order valence-corrected chi connectivity index (χ0v) is 8.33. The van der Waals surface area contributed by atoms with Gasteiger partial charge in [0.15, 0.2) is 0 Å². The Kier molecular flexibility index (Phi) is 4.87. The lowest BCUT2D eigenvalue weighted by Gasteiger charge is -1.72. The molecule has 0 unspecified atom stereocenters. The van der Waals surface area contributed by atoms with Crippen LogP contribution in [0.5, 0.6) is 0 Å². The smallest absolute Gasteiger partial charge is 0.124 e. The molecule has 6 heteroatoms. The van der Waals surface area contributed by atoms with Crippen LogP contribution in [0, 0.1) is 22.7 Å². The van der Waals surface area contributed by atoms with Gasteiger partial charge in [0, 0.05) is 12.1 Å². The van der Waals surface area contributed by atoms with Gasteiger partial charge < -0.3 is 9.05 Å². The Hall–Kier alpha value is -2.60. The van der Waals surface area contributed by atoms with Crippen LogP contribution in [0.2, 0.25) is 0 Å². The molecule has 0 spiro atoms. The van der Waals surface area contributed by atoms with E-state index in [9.17, 15) is 0 Å². The Morgan fingerprint density at radius 1 is 0.938 bits per heavy atom. The van der Waals surface area contributed by atoms with E-state index in [1.54, 1.807) is 12.1 Å². The monoisotopic (exact) mass is 216 g/mol. The third-order valence-electron chi connectivity index (χ3n) is 1.50. The van der Waals surface area contributed by atoms with Gasteiger partial charge in [0.25, 0.3) is 0 Å². The fourth-order valence-corrected chi connectivity index (χ4v) is 0.819. The van der Waals surface area contributed by atoms with Crippen LogP contribution in [-0.2, 0) is 12.8 Å². The van der Waals surface area contributed by atoms with Crippen LogP contribution in [-0.4, -0.2) is 10.3 Å². The number of hydrogen-bond donors (Lipinski definition) is 0. The second-order valence-electron chi connectivity index (χ2n) is 2.65. The average molecular weight is 216 g/mol. The summed E-state index contributed by atoms with van der Waals surface area (Å²) in [6.45, 7) is 0. The summed E-state index contributed by atoms with van der Waals surface area (Å²) in [5, 5.41) is 23.2. The first-order valence-electron chi connectivity index (χ1n) is 4.39. The minimum Gasteiger partial charge on any atom is -0.364 e. The van der Waals surface area contributed by atoms with E-state index < -0.39 is 0 Å². The normalized spacial score (nSPS) is 8.38. The molecule has 0 saturated heterocycles. The van der Waals surface area contributed by atoms with Gasteiger partial charge in [0.05, 0.1) is 36.4 Å². The molecule has 0 saturated carbocycles. The molecule has 0 amide bonds. The third kappa shape index (κ3) is 4.07. The molecular formula is C10H8N4O2. The van der Waals surface area contributed by atoms with Gasteiger partial charge in [0.1, 0.15) is 12.5 Å². The maximum Gasteiger partial charge on any atom is 0.124 e. The minimum absolute atomic E-state index is 0.330. The maximum absolute atomic E-state index is 8.11.